The maximum atomic E-state index is 4.15. The second kappa shape index (κ2) is 6.95. The SMILES string of the molecule is CC(NCCN1CCNCC1)SS. The van der Waals surface area contributed by atoms with E-state index in [0.717, 1.165) is 26.2 Å². The molecular formula is C8H19N3S2. The first-order valence-electron chi connectivity index (χ1n) is 4.79. The molecule has 0 radical (unpaired) electrons. The van der Waals surface area contributed by atoms with Gasteiger partial charge in [-0.1, -0.05) is 10.8 Å². The molecule has 1 aliphatic heterocycles. The van der Waals surface area contributed by atoms with Crippen molar-refractivity contribution in [2.45, 2.75) is 12.3 Å². The molecule has 1 atom stereocenters. The Morgan fingerprint density at radius 2 is 2.23 bits per heavy atom. The van der Waals surface area contributed by atoms with Gasteiger partial charge in [0.2, 0.25) is 0 Å². The summed E-state index contributed by atoms with van der Waals surface area (Å²) in [6, 6.07) is 0. The van der Waals surface area contributed by atoms with Crippen LogP contribution in [0.5, 0.6) is 0 Å². The van der Waals surface area contributed by atoms with Crippen molar-refractivity contribution in [2.24, 2.45) is 0 Å². The number of thiol groups is 1. The van der Waals surface area contributed by atoms with Crippen molar-refractivity contribution >= 4 is 22.5 Å². The van der Waals surface area contributed by atoms with Crippen LogP contribution in [0, 0.1) is 0 Å². The van der Waals surface area contributed by atoms with Gasteiger partial charge in [0, 0.05) is 39.3 Å². The number of piperazine rings is 1. The van der Waals surface area contributed by atoms with Crippen LogP contribution in [0.2, 0.25) is 0 Å². The van der Waals surface area contributed by atoms with E-state index in [9.17, 15) is 0 Å². The summed E-state index contributed by atoms with van der Waals surface area (Å²) in [5, 5.41) is 7.20. The van der Waals surface area contributed by atoms with Gasteiger partial charge in [-0.15, -0.1) is 11.7 Å². The maximum absolute atomic E-state index is 4.15. The third-order valence-electron chi connectivity index (χ3n) is 2.23. The Labute approximate surface area is 89.8 Å². The second-order valence-corrected chi connectivity index (χ2v) is 4.84. The van der Waals surface area contributed by atoms with Gasteiger partial charge in [-0.3, -0.25) is 4.90 Å². The lowest BCUT2D eigenvalue weighted by atomic mass is 10.3. The summed E-state index contributed by atoms with van der Waals surface area (Å²) in [6.45, 7) is 8.99. The van der Waals surface area contributed by atoms with E-state index in [1.807, 2.05) is 0 Å². The molecule has 0 aliphatic carbocycles. The third kappa shape index (κ3) is 5.12. The minimum atomic E-state index is 0.450. The molecule has 2 N–H and O–H groups in total. The lowest BCUT2D eigenvalue weighted by Crippen LogP contribution is -2.46. The average Bonchev–Trinajstić information content (AvgIpc) is 2.19. The fourth-order valence-electron chi connectivity index (χ4n) is 1.40. The molecule has 0 aromatic heterocycles. The van der Waals surface area contributed by atoms with Crippen molar-refractivity contribution in [3.8, 4) is 0 Å². The quantitative estimate of drug-likeness (QED) is 0.356. The van der Waals surface area contributed by atoms with Gasteiger partial charge in [0.05, 0.1) is 5.37 Å². The molecular weight excluding hydrogens is 202 g/mol. The Kier molecular flexibility index (Phi) is 6.23. The summed E-state index contributed by atoms with van der Waals surface area (Å²) < 4.78 is 0. The van der Waals surface area contributed by atoms with Crippen molar-refractivity contribution in [1.82, 2.24) is 15.5 Å². The molecule has 5 heteroatoms. The molecule has 0 aromatic carbocycles. The number of nitrogens with one attached hydrogen (secondary N) is 2. The minimum Gasteiger partial charge on any atom is -0.314 e. The minimum absolute atomic E-state index is 0.450. The standard InChI is InChI=1S/C8H19N3S2/c1-8(13-12)10-4-7-11-5-2-9-3-6-11/h8-10,12H,2-7H2,1H3. The first-order chi connectivity index (χ1) is 6.33. The highest BCUT2D eigenvalue weighted by Crippen LogP contribution is 2.10. The lowest BCUT2D eigenvalue weighted by Gasteiger charge is -2.27. The predicted molar refractivity (Wildman–Crippen MR) is 63.4 cm³/mol. The van der Waals surface area contributed by atoms with E-state index in [4.69, 9.17) is 0 Å². The number of nitrogens with zero attached hydrogens (tertiary/aromatic N) is 1. The van der Waals surface area contributed by atoms with Gasteiger partial charge in [-0.25, -0.2) is 0 Å². The van der Waals surface area contributed by atoms with E-state index >= 15 is 0 Å². The molecule has 1 heterocycles. The van der Waals surface area contributed by atoms with Gasteiger partial charge in [0.1, 0.15) is 0 Å². The zero-order chi connectivity index (χ0) is 9.52. The Morgan fingerprint density at radius 1 is 1.54 bits per heavy atom. The molecule has 0 bridgehead atoms. The van der Waals surface area contributed by atoms with Gasteiger partial charge in [0.25, 0.3) is 0 Å². The highest BCUT2D eigenvalue weighted by molar-refractivity contribution is 8.68. The van der Waals surface area contributed by atoms with Gasteiger partial charge >= 0.3 is 0 Å². The van der Waals surface area contributed by atoms with Crippen LogP contribution in [-0.2, 0) is 0 Å². The molecule has 0 saturated carbocycles. The summed E-state index contributed by atoms with van der Waals surface area (Å²) in [6.07, 6.45) is 0. The molecule has 1 fully saturated rings. The van der Waals surface area contributed by atoms with Crippen LogP contribution in [0.25, 0.3) is 0 Å². The van der Waals surface area contributed by atoms with E-state index in [2.05, 4.69) is 34.1 Å². The molecule has 0 spiro atoms. The van der Waals surface area contributed by atoms with Crippen LogP contribution in [0.1, 0.15) is 6.92 Å². The Balaban J connectivity index is 1.98. The van der Waals surface area contributed by atoms with Crippen LogP contribution in [0.4, 0.5) is 0 Å². The van der Waals surface area contributed by atoms with Crippen molar-refractivity contribution in [3.63, 3.8) is 0 Å². The molecule has 78 valence electrons. The highest BCUT2D eigenvalue weighted by Gasteiger charge is 2.08. The van der Waals surface area contributed by atoms with Crippen LogP contribution in [-0.4, -0.2) is 49.5 Å². The Morgan fingerprint density at radius 3 is 2.85 bits per heavy atom. The summed E-state index contributed by atoms with van der Waals surface area (Å²) in [5.74, 6) is 0. The van der Waals surface area contributed by atoms with E-state index in [0.29, 0.717) is 5.37 Å². The van der Waals surface area contributed by atoms with E-state index < -0.39 is 0 Å². The van der Waals surface area contributed by atoms with E-state index in [1.165, 1.54) is 13.1 Å². The second-order valence-electron chi connectivity index (χ2n) is 3.29. The lowest BCUT2D eigenvalue weighted by molar-refractivity contribution is 0.241. The molecule has 1 rings (SSSR count). The zero-order valence-electron chi connectivity index (χ0n) is 8.12. The zero-order valence-corrected chi connectivity index (χ0v) is 9.83. The Hall–Kier alpha value is 0.580. The van der Waals surface area contributed by atoms with Crippen molar-refractivity contribution in [3.05, 3.63) is 0 Å². The van der Waals surface area contributed by atoms with Crippen LogP contribution in [0.15, 0.2) is 0 Å². The number of hydrogen-bond donors (Lipinski definition) is 3. The topological polar surface area (TPSA) is 27.3 Å². The van der Waals surface area contributed by atoms with Crippen molar-refractivity contribution < 1.29 is 0 Å². The number of rotatable bonds is 5. The van der Waals surface area contributed by atoms with Crippen molar-refractivity contribution in [1.29, 1.82) is 0 Å². The molecule has 1 saturated heterocycles. The van der Waals surface area contributed by atoms with Crippen LogP contribution in [0.3, 0.4) is 0 Å². The fourth-order valence-corrected chi connectivity index (χ4v) is 1.81. The highest BCUT2D eigenvalue weighted by atomic mass is 33.1. The fraction of sp³-hybridized carbons (Fsp3) is 1.00. The summed E-state index contributed by atoms with van der Waals surface area (Å²) in [5.41, 5.74) is 0. The van der Waals surface area contributed by atoms with Crippen LogP contribution >= 0.6 is 22.5 Å². The Bertz CT molecular complexity index is 129. The van der Waals surface area contributed by atoms with Gasteiger partial charge in [-0.05, 0) is 6.92 Å². The van der Waals surface area contributed by atoms with Crippen LogP contribution < -0.4 is 10.6 Å². The first kappa shape index (κ1) is 11.7. The average molecular weight is 221 g/mol. The monoisotopic (exact) mass is 221 g/mol. The van der Waals surface area contributed by atoms with Gasteiger partial charge in [-0.2, -0.15) is 0 Å². The molecule has 1 unspecified atom stereocenters. The summed E-state index contributed by atoms with van der Waals surface area (Å²) in [4.78, 5) is 2.49. The van der Waals surface area contributed by atoms with Crippen molar-refractivity contribution in [2.75, 3.05) is 39.3 Å². The molecule has 0 amide bonds. The van der Waals surface area contributed by atoms with Gasteiger partial charge in [0.15, 0.2) is 0 Å². The van der Waals surface area contributed by atoms with E-state index in [1.54, 1.807) is 10.8 Å². The molecule has 1 aliphatic rings. The molecule has 3 nitrogen and oxygen atoms in total. The smallest absolute Gasteiger partial charge is 0.0606 e. The predicted octanol–water partition coefficient (Wildman–Crippen LogP) is 0.405. The first-order valence-corrected chi connectivity index (χ1v) is 6.73. The summed E-state index contributed by atoms with van der Waals surface area (Å²) >= 11 is 4.15. The summed E-state index contributed by atoms with van der Waals surface area (Å²) in [7, 11) is 1.56. The maximum Gasteiger partial charge on any atom is 0.0606 e. The molecule has 0 aromatic rings. The number of hydrogen-bond acceptors (Lipinski definition) is 5. The molecule has 13 heavy (non-hydrogen) atoms. The normalized spacial score (nSPS) is 21.7. The largest absolute Gasteiger partial charge is 0.314 e. The van der Waals surface area contributed by atoms with E-state index in [-0.39, 0.29) is 0 Å². The van der Waals surface area contributed by atoms with Gasteiger partial charge < -0.3 is 10.6 Å². The third-order valence-corrected chi connectivity index (χ3v) is 3.66.